The molecule has 0 aromatic heterocycles. The third kappa shape index (κ3) is 3.28. The van der Waals surface area contributed by atoms with Gasteiger partial charge in [-0.3, -0.25) is 0 Å². The highest BCUT2D eigenvalue weighted by atomic mass is 16.5. The van der Waals surface area contributed by atoms with Gasteiger partial charge >= 0.3 is 0 Å². The van der Waals surface area contributed by atoms with Crippen molar-refractivity contribution in [2.45, 2.75) is 51.7 Å². The third-order valence-corrected chi connectivity index (χ3v) is 3.20. The van der Waals surface area contributed by atoms with E-state index in [1.165, 1.54) is 19.3 Å². The number of ether oxygens (including phenoxy) is 1. The third-order valence-electron chi connectivity index (χ3n) is 3.20. The molecule has 1 rings (SSSR count). The van der Waals surface area contributed by atoms with Gasteiger partial charge in [-0.05, 0) is 32.6 Å². The Morgan fingerprint density at radius 2 is 2.08 bits per heavy atom. The molecule has 1 N–H and O–H groups in total. The molecular formula is C11H23NO. The van der Waals surface area contributed by atoms with Crippen molar-refractivity contribution in [1.82, 2.24) is 5.32 Å². The van der Waals surface area contributed by atoms with Crippen LogP contribution in [0.15, 0.2) is 0 Å². The van der Waals surface area contributed by atoms with Crippen LogP contribution >= 0.6 is 0 Å². The molecule has 2 heteroatoms. The molecule has 2 atom stereocenters. The fourth-order valence-electron chi connectivity index (χ4n) is 1.90. The predicted molar refractivity (Wildman–Crippen MR) is 55.9 cm³/mol. The first-order valence-electron chi connectivity index (χ1n) is 5.34. The van der Waals surface area contributed by atoms with E-state index in [0.717, 1.165) is 18.5 Å². The highest BCUT2D eigenvalue weighted by Gasteiger charge is 2.25. The quantitative estimate of drug-likeness (QED) is 0.725. The van der Waals surface area contributed by atoms with Gasteiger partial charge in [0.25, 0.3) is 0 Å². The first-order valence-corrected chi connectivity index (χ1v) is 5.34. The molecular weight excluding hydrogens is 162 g/mol. The molecule has 2 nitrogen and oxygen atoms in total. The van der Waals surface area contributed by atoms with E-state index < -0.39 is 0 Å². The van der Waals surface area contributed by atoms with Gasteiger partial charge < -0.3 is 10.1 Å². The van der Waals surface area contributed by atoms with Gasteiger partial charge in [0.05, 0.1) is 5.60 Å². The molecule has 1 aliphatic rings. The van der Waals surface area contributed by atoms with Crippen molar-refractivity contribution in [3.8, 4) is 0 Å². The van der Waals surface area contributed by atoms with Crippen LogP contribution in [-0.2, 0) is 4.74 Å². The lowest BCUT2D eigenvalue weighted by molar-refractivity contribution is 0.0202. The molecule has 1 saturated carbocycles. The zero-order chi connectivity index (χ0) is 9.90. The van der Waals surface area contributed by atoms with Crippen molar-refractivity contribution in [3.05, 3.63) is 0 Å². The summed E-state index contributed by atoms with van der Waals surface area (Å²) >= 11 is 0. The van der Waals surface area contributed by atoms with Crippen LogP contribution in [0.4, 0.5) is 0 Å². The van der Waals surface area contributed by atoms with E-state index in [1.54, 1.807) is 7.11 Å². The lowest BCUT2D eigenvalue weighted by Crippen LogP contribution is -2.42. The van der Waals surface area contributed by atoms with E-state index in [2.05, 4.69) is 26.1 Å². The summed E-state index contributed by atoms with van der Waals surface area (Å²) in [6.45, 7) is 7.54. The minimum absolute atomic E-state index is 0.0255. The van der Waals surface area contributed by atoms with Crippen LogP contribution in [0.1, 0.15) is 40.0 Å². The molecule has 0 aliphatic heterocycles. The summed E-state index contributed by atoms with van der Waals surface area (Å²) in [4.78, 5) is 0. The fraction of sp³-hybridized carbons (Fsp3) is 1.00. The SMILES string of the molecule is COC(C)(C)CNC1CCCC1C. The van der Waals surface area contributed by atoms with Crippen molar-refractivity contribution in [2.75, 3.05) is 13.7 Å². The monoisotopic (exact) mass is 185 g/mol. The predicted octanol–water partition coefficient (Wildman–Crippen LogP) is 2.19. The van der Waals surface area contributed by atoms with E-state index in [9.17, 15) is 0 Å². The summed E-state index contributed by atoms with van der Waals surface area (Å²) in [5, 5.41) is 3.60. The highest BCUT2D eigenvalue weighted by Crippen LogP contribution is 2.25. The summed E-state index contributed by atoms with van der Waals surface area (Å²) in [6, 6.07) is 0.717. The average Bonchev–Trinajstić information content (AvgIpc) is 2.48. The fourth-order valence-corrected chi connectivity index (χ4v) is 1.90. The molecule has 0 bridgehead atoms. The summed E-state index contributed by atoms with van der Waals surface area (Å²) < 4.78 is 5.37. The smallest absolute Gasteiger partial charge is 0.0746 e. The highest BCUT2D eigenvalue weighted by molar-refractivity contribution is 4.83. The Morgan fingerprint density at radius 1 is 1.38 bits per heavy atom. The number of rotatable bonds is 4. The lowest BCUT2D eigenvalue weighted by atomic mass is 10.0. The van der Waals surface area contributed by atoms with Gasteiger partial charge in [-0.2, -0.15) is 0 Å². The van der Waals surface area contributed by atoms with Crippen LogP contribution < -0.4 is 5.32 Å². The van der Waals surface area contributed by atoms with Crippen molar-refractivity contribution >= 4 is 0 Å². The Bertz CT molecular complexity index is 156. The summed E-state index contributed by atoms with van der Waals surface area (Å²) in [7, 11) is 1.78. The Morgan fingerprint density at radius 3 is 2.54 bits per heavy atom. The second kappa shape index (κ2) is 4.43. The Labute approximate surface area is 82.0 Å². The van der Waals surface area contributed by atoms with Crippen LogP contribution in [0.25, 0.3) is 0 Å². The molecule has 0 radical (unpaired) electrons. The van der Waals surface area contributed by atoms with E-state index in [0.29, 0.717) is 0 Å². The molecule has 0 aromatic carbocycles. The topological polar surface area (TPSA) is 21.3 Å². The number of nitrogens with one attached hydrogen (secondary N) is 1. The molecule has 2 unspecified atom stereocenters. The molecule has 0 heterocycles. The minimum atomic E-state index is -0.0255. The largest absolute Gasteiger partial charge is 0.377 e. The maximum atomic E-state index is 5.37. The second-order valence-electron chi connectivity index (χ2n) is 4.86. The lowest BCUT2D eigenvalue weighted by Gasteiger charge is -2.27. The molecule has 13 heavy (non-hydrogen) atoms. The van der Waals surface area contributed by atoms with Crippen LogP contribution in [0.2, 0.25) is 0 Å². The van der Waals surface area contributed by atoms with Crippen LogP contribution in [0.3, 0.4) is 0 Å². The standard InChI is InChI=1S/C11H23NO/c1-9-6-5-7-10(9)12-8-11(2,3)13-4/h9-10,12H,5-8H2,1-4H3. The summed E-state index contributed by atoms with van der Waals surface area (Å²) in [5.41, 5.74) is -0.0255. The number of methoxy groups -OCH3 is 1. The number of hydrogen-bond acceptors (Lipinski definition) is 2. The molecule has 78 valence electrons. The summed E-state index contributed by atoms with van der Waals surface area (Å²) in [6.07, 6.45) is 4.10. The Kier molecular flexibility index (Phi) is 3.74. The molecule has 0 amide bonds. The summed E-state index contributed by atoms with van der Waals surface area (Å²) in [5.74, 6) is 0.840. The zero-order valence-corrected chi connectivity index (χ0v) is 9.39. The van der Waals surface area contributed by atoms with Crippen LogP contribution in [0.5, 0.6) is 0 Å². The van der Waals surface area contributed by atoms with Crippen molar-refractivity contribution in [3.63, 3.8) is 0 Å². The van der Waals surface area contributed by atoms with Crippen LogP contribution in [0, 0.1) is 5.92 Å². The molecule has 1 fully saturated rings. The molecule has 0 saturated heterocycles. The van der Waals surface area contributed by atoms with Gasteiger partial charge in [0.1, 0.15) is 0 Å². The van der Waals surface area contributed by atoms with Crippen molar-refractivity contribution < 1.29 is 4.74 Å². The van der Waals surface area contributed by atoms with Gasteiger partial charge in [0.2, 0.25) is 0 Å². The Hall–Kier alpha value is -0.0800. The Balaban J connectivity index is 2.25. The van der Waals surface area contributed by atoms with Crippen molar-refractivity contribution in [2.24, 2.45) is 5.92 Å². The van der Waals surface area contributed by atoms with Gasteiger partial charge in [-0.15, -0.1) is 0 Å². The van der Waals surface area contributed by atoms with Gasteiger partial charge in [-0.1, -0.05) is 13.3 Å². The van der Waals surface area contributed by atoms with Gasteiger partial charge in [0, 0.05) is 19.7 Å². The normalized spacial score (nSPS) is 29.5. The van der Waals surface area contributed by atoms with Crippen LogP contribution in [-0.4, -0.2) is 25.3 Å². The number of hydrogen-bond donors (Lipinski definition) is 1. The maximum Gasteiger partial charge on any atom is 0.0746 e. The van der Waals surface area contributed by atoms with E-state index >= 15 is 0 Å². The molecule has 1 aliphatic carbocycles. The average molecular weight is 185 g/mol. The first kappa shape index (κ1) is 11.0. The minimum Gasteiger partial charge on any atom is -0.377 e. The van der Waals surface area contributed by atoms with E-state index in [-0.39, 0.29) is 5.60 Å². The van der Waals surface area contributed by atoms with Gasteiger partial charge in [0.15, 0.2) is 0 Å². The second-order valence-corrected chi connectivity index (χ2v) is 4.86. The van der Waals surface area contributed by atoms with E-state index in [1.807, 2.05) is 0 Å². The van der Waals surface area contributed by atoms with Gasteiger partial charge in [-0.25, -0.2) is 0 Å². The molecule has 0 spiro atoms. The molecule has 0 aromatic rings. The maximum absolute atomic E-state index is 5.37. The first-order chi connectivity index (χ1) is 6.05. The zero-order valence-electron chi connectivity index (χ0n) is 9.39. The van der Waals surface area contributed by atoms with Crippen molar-refractivity contribution in [1.29, 1.82) is 0 Å². The van der Waals surface area contributed by atoms with E-state index in [4.69, 9.17) is 4.74 Å².